The van der Waals surface area contributed by atoms with E-state index in [0.29, 0.717) is 16.4 Å². The van der Waals surface area contributed by atoms with Crippen LogP contribution in [0.25, 0.3) is 0 Å². The van der Waals surface area contributed by atoms with Crippen molar-refractivity contribution in [1.82, 2.24) is 0 Å². The molecule has 2 aromatic carbocycles. The lowest BCUT2D eigenvalue weighted by Gasteiger charge is -2.17. The number of hydrogen-bond acceptors (Lipinski definition) is 4. The lowest BCUT2D eigenvalue weighted by Crippen LogP contribution is -2.39. The first kappa shape index (κ1) is 20.9. The molecule has 2 rings (SSSR count). The molecule has 0 fully saturated rings. The number of para-hydroxylation sites is 1. The van der Waals surface area contributed by atoms with Crippen LogP contribution < -0.4 is 10.6 Å². The summed E-state index contributed by atoms with van der Waals surface area (Å²) in [6.07, 6.45) is 0.0480. The Morgan fingerprint density at radius 1 is 1.07 bits per heavy atom. The first-order valence-electron chi connectivity index (χ1n) is 8.36. The topological polar surface area (TPSA) is 92.3 Å². The largest absolute Gasteiger partial charge is 0.325 e. The number of carbonyl (C=O) groups excluding carboxylic acids is 2. The van der Waals surface area contributed by atoms with Crippen LogP contribution in [0.5, 0.6) is 0 Å². The van der Waals surface area contributed by atoms with Gasteiger partial charge in [-0.15, -0.1) is 0 Å². The van der Waals surface area contributed by atoms with Gasteiger partial charge in [0.1, 0.15) is 11.0 Å². The molecule has 0 aliphatic heterocycles. The van der Waals surface area contributed by atoms with Crippen molar-refractivity contribution in [1.29, 1.82) is 0 Å². The van der Waals surface area contributed by atoms with Gasteiger partial charge in [-0.3, -0.25) is 9.59 Å². The van der Waals surface area contributed by atoms with Crippen LogP contribution >= 0.6 is 11.6 Å². The molecule has 144 valence electrons. The van der Waals surface area contributed by atoms with E-state index in [1.807, 2.05) is 0 Å². The number of rotatable bonds is 7. The van der Waals surface area contributed by atoms with E-state index < -0.39 is 32.7 Å². The van der Waals surface area contributed by atoms with Crippen LogP contribution in [0, 0.1) is 6.92 Å². The van der Waals surface area contributed by atoms with Gasteiger partial charge in [-0.1, -0.05) is 42.8 Å². The minimum Gasteiger partial charge on any atom is -0.325 e. The second-order valence-corrected chi connectivity index (χ2v) is 8.69. The van der Waals surface area contributed by atoms with Crippen LogP contribution in [0.2, 0.25) is 5.02 Å². The number of anilines is 2. The van der Waals surface area contributed by atoms with E-state index in [4.69, 9.17) is 11.6 Å². The van der Waals surface area contributed by atoms with Gasteiger partial charge >= 0.3 is 0 Å². The van der Waals surface area contributed by atoms with Crippen molar-refractivity contribution < 1.29 is 18.0 Å². The van der Waals surface area contributed by atoms with Crippen molar-refractivity contribution in [2.24, 2.45) is 0 Å². The summed E-state index contributed by atoms with van der Waals surface area (Å²) in [7, 11) is -3.99. The Morgan fingerprint density at radius 3 is 2.37 bits per heavy atom. The monoisotopic (exact) mass is 408 g/mol. The Hall–Kier alpha value is -2.38. The summed E-state index contributed by atoms with van der Waals surface area (Å²) in [5, 5.41) is 4.20. The Balaban J connectivity index is 2.10. The normalized spacial score (nSPS) is 12.3. The van der Waals surface area contributed by atoms with E-state index in [1.54, 1.807) is 62.4 Å². The lowest BCUT2D eigenvalue weighted by atomic mass is 10.2. The molecule has 2 amide bonds. The molecule has 2 N–H and O–H groups in total. The number of benzene rings is 2. The molecule has 0 radical (unpaired) electrons. The van der Waals surface area contributed by atoms with Gasteiger partial charge in [0.25, 0.3) is 0 Å². The van der Waals surface area contributed by atoms with Gasteiger partial charge in [0.05, 0.1) is 0 Å². The van der Waals surface area contributed by atoms with Gasteiger partial charge in [-0.25, -0.2) is 8.42 Å². The molecule has 1 atom stereocenters. The molecule has 27 heavy (non-hydrogen) atoms. The third-order valence-corrected chi connectivity index (χ3v) is 6.26. The summed E-state index contributed by atoms with van der Waals surface area (Å²) in [4.78, 5) is 24.6. The van der Waals surface area contributed by atoms with Crippen molar-refractivity contribution >= 4 is 44.6 Å². The zero-order valence-corrected chi connectivity index (χ0v) is 16.6. The average Bonchev–Trinajstić information content (AvgIpc) is 2.58. The highest BCUT2D eigenvalue weighted by atomic mass is 35.5. The van der Waals surface area contributed by atoms with Crippen LogP contribution in [0.1, 0.15) is 18.9 Å². The number of aryl methyl sites for hydroxylation is 1. The highest BCUT2D eigenvalue weighted by molar-refractivity contribution is 7.93. The summed E-state index contributed by atoms with van der Waals surface area (Å²) >= 11 is 5.93. The number of carbonyl (C=O) groups is 2. The Bertz CT molecular complexity index is 930. The number of sulfone groups is 1. The smallest absolute Gasteiger partial charge is 0.242 e. The fourth-order valence-corrected chi connectivity index (χ4v) is 4.25. The first-order chi connectivity index (χ1) is 12.7. The Morgan fingerprint density at radius 2 is 1.74 bits per heavy atom. The summed E-state index contributed by atoms with van der Waals surface area (Å²) in [5.74, 6) is -2.15. The highest BCUT2D eigenvalue weighted by Crippen LogP contribution is 2.21. The van der Waals surface area contributed by atoms with Crippen LogP contribution in [0.15, 0.2) is 48.5 Å². The molecular formula is C19H21ClN2O4S. The molecule has 0 saturated carbocycles. The van der Waals surface area contributed by atoms with E-state index in [0.717, 1.165) is 5.56 Å². The molecule has 8 heteroatoms. The van der Waals surface area contributed by atoms with Crippen LogP contribution in [0.3, 0.4) is 0 Å². The van der Waals surface area contributed by atoms with E-state index in [-0.39, 0.29) is 6.42 Å². The molecule has 0 aromatic heterocycles. The molecule has 0 bridgehead atoms. The molecule has 0 heterocycles. The molecule has 2 aromatic rings. The van der Waals surface area contributed by atoms with Crippen LogP contribution in [-0.4, -0.2) is 31.2 Å². The van der Waals surface area contributed by atoms with E-state index in [1.165, 1.54) is 0 Å². The standard InChI is InChI=1S/C19H21ClN2O4S/c1-3-17(19(24)22-16-11-14(20)10-9-13(16)2)27(25,26)12-18(23)21-15-7-5-4-6-8-15/h4-11,17H,3,12H2,1-2H3,(H,21,23)(H,22,24). The third-order valence-electron chi connectivity index (χ3n) is 3.94. The number of hydrogen-bond donors (Lipinski definition) is 2. The lowest BCUT2D eigenvalue weighted by molar-refractivity contribution is -0.115. The van der Waals surface area contributed by atoms with Crippen molar-refractivity contribution in [3.8, 4) is 0 Å². The van der Waals surface area contributed by atoms with Gasteiger partial charge in [0.2, 0.25) is 11.8 Å². The van der Waals surface area contributed by atoms with E-state index in [9.17, 15) is 18.0 Å². The molecule has 0 saturated heterocycles. The third kappa shape index (κ3) is 5.80. The summed E-state index contributed by atoms with van der Waals surface area (Å²) in [5.41, 5.74) is 1.68. The van der Waals surface area contributed by atoms with Gasteiger partial charge in [0.15, 0.2) is 9.84 Å². The van der Waals surface area contributed by atoms with Crippen molar-refractivity contribution in [2.45, 2.75) is 25.5 Å². The number of nitrogens with one attached hydrogen (secondary N) is 2. The van der Waals surface area contributed by atoms with Crippen molar-refractivity contribution in [3.05, 3.63) is 59.1 Å². The van der Waals surface area contributed by atoms with Crippen LogP contribution in [0.4, 0.5) is 11.4 Å². The second kappa shape index (κ2) is 9.01. The molecular weight excluding hydrogens is 388 g/mol. The second-order valence-electron chi connectivity index (χ2n) is 6.07. The predicted octanol–water partition coefficient (Wildman–Crippen LogP) is 3.42. The molecule has 0 spiro atoms. The maximum atomic E-state index is 12.6. The Labute approximate surface area is 163 Å². The first-order valence-corrected chi connectivity index (χ1v) is 10.5. The fraction of sp³-hybridized carbons (Fsp3) is 0.263. The fourth-order valence-electron chi connectivity index (χ4n) is 2.55. The maximum Gasteiger partial charge on any atom is 0.242 e. The zero-order valence-electron chi connectivity index (χ0n) is 15.0. The van der Waals surface area contributed by atoms with Gasteiger partial charge in [0, 0.05) is 16.4 Å². The molecule has 0 aliphatic carbocycles. The molecule has 0 aliphatic rings. The predicted molar refractivity (Wildman–Crippen MR) is 108 cm³/mol. The van der Waals surface area contributed by atoms with Crippen LogP contribution in [-0.2, 0) is 19.4 Å². The minimum absolute atomic E-state index is 0.0480. The number of amides is 2. The average molecular weight is 409 g/mol. The molecule has 6 nitrogen and oxygen atoms in total. The van der Waals surface area contributed by atoms with Gasteiger partial charge in [-0.05, 0) is 43.2 Å². The van der Waals surface area contributed by atoms with E-state index >= 15 is 0 Å². The maximum absolute atomic E-state index is 12.6. The highest BCUT2D eigenvalue weighted by Gasteiger charge is 2.33. The van der Waals surface area contributed by atoms with Gasteiger partial charge in [-0.2, -0.15) is 0 Å². The molecule has 1 unspecified atom stereocenters. The van der Waals surface area contributed by atoms with Crippen molar-refractivity contribution in [3.63, 3.8) is 0 Å². The summed E-state index contributed by atoms with van der Waals surface area (Å²) in [6, 6.07) is 13.5. The van der Waals surface area contributed by atoms with Gasteiger partial charge < -0.3 is 10.6 Å². The van der Waals surface area contributed by atoms with Crippen molar-refractivity contribution in [2.75, 3.05) is 16.4 Å². The summed E-state index contributed by atoms with van der Waals surface area (Å²) in [6.45, 7) is 3.36. The quantitative estimate of drug-likeness (QED) is 0.734. The summed E-state index contributed by atoms with van der Waals surface area (Å²) < 4.78 is 25.2. The number of halogens is 1. The minimum atomic E-state index is -3.99. The Kier molecular flexibility index (Phi) is 6.98. The zero-order chi connectivity index (χ0) is 20.0. The van der Waals surface area contributed by atoms with E-state index in [2.05, 4.69) is 10.6 Å². The SMILES string of the molecule is CCC(C(=O)Nc1cc(Cl)ccc1C)S(=O)(=O)CC(=O)Nc1ccccc1.